The number of hydrogen-bond acceptors (Lipinski definition) is 4. The van der Waals surface area contributed by atoms with Crippen LogP contribution in [0.3, 0.4) is 0 Å². The average Bonchev–Trinajstić information content (AvgIpc) is 4.14. The van der Waals surface area contributed by atoms with Gasteiger partial charge in [0, 0.05) is 23.2 Å². The third-order valence-corrected chi connectivity index (χ3v) is 12.1. The summed E-state index contributed by atoms with van der Waals surface area (Å²) in [5, 5.41) is 18.5. The van der Waals surface area contributed by atoms with Crippen LogP contribution in [0.4, 0.5) is 20.2 Å². The molecule has 2 N–H and O–H groups in total. The number of carbonyl (C=O) groups is 4. The molecule has 2 aliphatic carbocycles. The van der Waals surface area contributed by atoms with E-state index in [4.69, 9.17) is 0 Å². The largest absolute Gasteiger partial charge is 0.478 e. The number of nitrogens with zero attached hydrogens (tertiary/aromatic N) is 2. The van der Waals surface area contributed by atoms with Crippen molar-refractivity contribution in [2.75, 3.05) is 9.80 Å². The molecule has 2 spiro atoms. The second kappa shape index (κ2) is 13.9. The number of rotatable bonds is 8. The first-order chi connectivity index (χ1) is 28.0. The number of benzene rings is 6. The van der Waals surface area contributed by atoms with E-state index >= 15 is 0 Å². The highest BCUT2D eigenvalue weighted by Crippen LogP contribution is 2.68. The third kappa shape index (κ3) is 5.86. The van der Waals surface area contributed by atoms with Crippen LogP contribution in [-0.4, -0.2) is 34.0 Å². The standard InChI is InChI=1S/2C24H18FNO3/c2*25-20-10-3-1-8-17(20)19-13-24(19)18-9-2-4-11-21(18)26(23(24)29)14-15-6-5-7-16(12-15)22(27)28/h2*1-12,19H,13-14H2,(H,27,28)/t2*19-,24-/m10/s1. The van der Waals surface area contributed by atoms with E-state index in [1.807, 2.05) is 60.7 Å². The van der Waals surface area contributed by atoms with Crippen LogP contribution in [0.5, 0.6) is 0 Å². The van der Waals surface area contributed by atoms with E-state index in [9.17, 15) is 38.2 Å². The molecule has 2 aliphatic heterocycles. The van der Waals surface area contributed by atoms with Gasteiger partial charge in [-0.05, 0) is 94.8 Å². The second-order valence-electron chi connectivity index (χ2n) is 15.3. The maximum Gasteiger partial charge on any atom is 0.335 e. The lowest BCUT2D eigenvalue weighted by atomic mass is 9.92. The Morgan fingerprint density at radius 1 is 0.534 bits per heavy atom. The Morgan fingerprint density at radius 3 is 1.31 bits per heavy atom. The van der Waals surface area contributed by atoms with E-state index in [0.29, 0.717) is 24.0 Å². The van der Waals surface area contributed by atoms with Crippen molar-refractivity contribution in [3.63, 3.8) is 0 Å². The van der Waals surface area contributed by atoms with Gasteiger partial charge in [0.2, 0.25) is 11.8 Å². The van der Waals surface area contributed by atoms with Gasteiger partial charge in [-0.15, -0.1) is 0 Å². The Morgan fingerprint density at radius 2 is 0.914 bits per heavy atom. The maximum absolute atomic E-state index is 14.4. The third-order valence-electron chi connectivity index (χ3n) is 12.1. The normalized spacial score (nSPS) is 22.0. The molecule has 4 atom stereocenters. The van der Waals surface area contributed by atoms with E-state index in [2.05, 4.69) is 0 Å². The molecule has 8 nitrogen and oxygen atoms in total. The second-order valence-corrected chi connectivity index (χ2v) is 15.3. The Bertz CT molecular complexity index is 2500. The fraction of sp³-hybridized carbons (Fsp3) is 0.167. The molecule has 10 rings (SSSR count). The van der Waals surface area contributed by atoms with Crippen molar-refractivity contribution < 1.29 is 38.2 Å². The number of carboxylic acid groups (broad SMARTS) is 2. The average molecular weight is 775 g/mol. The zero-order chi connectivity index (χ0) is 40.3. The number of amides is 2. The summed E-state index contributed by atoms with van der Waals surface area (Å²) < 4.78 is 28.8. The van der Waals surface area contributed by atoms with Crippen LogP contribution in [0.2, 0.25) is 0 Å². The predicted molar refractivity (Wildman–Crippen MR) is 213 cm³/mol. The molecule has 0 saturated heterocycles. The molecule has 6 aromatic carbocycles. The minimum absolute atomic E-state index is 0.0484. The molecular weight excluding hydrogens is 739 g/mol. The van der Waals surface area contributed by atoms with Crippen molar-refractivity contribution in [1.29, 1.82) is 0 Å². The highest BCUT2D eigenvalue weighted by Gasteiger charge is 2.68. The lowest BCUT2D eigenvalue weighted by Gasteiger charge is -2.19. The van der Waals surface area contributed by atoms with Gasteiger partial charge in [0.1, 0.15) is 11.6 Å². The number of para-hydroxylation sites is 2. The van der Waals surface area contributed by atoms with Gasteiger partial charge in [-0.3, -0.25) is 9.59 Å². The lowest BCUT2D eigenvalue weighted by molar-refractivity contribution is -0.121. The van der Waals surface area contributed by atoms with Crippen molar-refractivity contribution in [2.45, 2.75) is 48.6 Å². The molecule has 2 heterocycles. The maximum atomic E-state index is 14.4. The first-order valence-corrected chi connectivity index (χ1v) is 19.0. The van der Waals surface area contributed by atoms with Crippen LogP contribution >= 0.6 is 0 Å². The molecule has 2 fully saturated rings. The van der Waals surface area contributed by atoms with Crippen LogP contribution in [0, 0.1) is 11.6 Å². The number of carboxylic acids is 2. The number of fused-ring (bicyclic) bond motifs is 4. The van der Waals surface area contributed by atoms with Crippen molar-refractivity contribution in [3.05, 3.63) is 202 Å². The van der Waals surface area contributed by atoms with E-state index in [-0.39, 0.29) is 59.5 Å². The molecule has 4 aliphatic rings. The summed E-state index contributed by atoms with van der Waals surface area (Å²) in [5.74, 6) is -3.04. The summed E-state index contributed by atoms with van der Waals surface area (Å²) in [4.78, 5) is 53.1. The highest BCUT2D eigenvalue weighted by atomic mass is 19.1. The smallest absolute Gasteiger partial charge is 0.335 e. The summed E-state index contributed by atoms with van der Waals surface area (Å²) >= 11 is 0. The molecule has 0 bridgehead atoms. The molecule has 58 heavy (non-hydrogen) atoms. The van der Waals surface area contributed by atoms with E-state index in [1.54, 1.807) is 70.5 Å². The van der Waals surface area contributed by atoms with Gasteiger partial charge >= 0.3 is 11.9 Å². The molecule has 0 unspecified atom stereocenters. The number of hydrogen-bond donors (Lipinski definition) is 2. The van der Waals surface area contributed by atoms with Gasteiger partial charge in [0.25, 0.3) is 0 Å². The number of aromatic carboxylic acids is 2. The fourth-order valence-corrected chi connectivity index (χ4v) is 9.25. The van der Waals surface area contributed by atoms with E-state index in [1.165, 1.54) is 24.3 Å². The van der Waals surface area contributed by atoms with Crippen LogP contribution in [0.1, 0.15) is 78.8 Å². The summed E-state index contributed by atoms with van der Waals surface area (Å²) in [6.07, 6.45) is 1.16. The fourth-order valence-electron chi connectivity index (χ4n) is 9.25. The molecule has 2 amide bonds. The van der Waals surface area contributed by atoms with Crippen molar-refractivity contribution in [1.82, 2.24) is 0 Å². The lowest BCUT2D eigenvalue weighted by Crippen LogP contribution is -2.32. The number of carbonyl (C=O) groups excluding carboxylic acids is 2. The summed E-state index contributed by atoms with van der Waals surface area (Å²) in [7, 11) is 0. The Hall–Kier alpha value is -6.94. The molecule has 288 valence electrons. The number of anilines is 2. The van der Waals surface area contributed by atoms with Gasteiger partial charge in [-0.25, -0.2) is 18.4 Å². The van der Waals surface area contributed by atoms with Crippen molar-refractivity contribution in [2.24, 2.45) is 0 Å². The Balaban J connectivity index is 0.000000150. The Labute approximate surface area is 332 Å². The van der Waals surface area contributed by atoms with Crippen LogP contribution in [0.25, 0.3) is 0 Å². The summed E-state index contributed by atoms with van der Waals surface area (Å²) in [6, 6.07) is 41.8. The van der Waals surface area contributed by atoms with Gasteiger partial charge < -0.3 is 20.0 Å². The zero-order valence-corrected chi connectivity index (χ0v) is 31.0. The van der Waals surface area contributed by atoms with E-state index in [0.717, 1.165) is 33.6 Å². The highest BCUT2D eigenvalue weighted by molar-refractivity contribution is 6.12. The summed E-state index contributed by atoms with van der Waals surface area (Å²) in [6.45, 7) is 0.561. The molecule has 10 heteroatoms. The van der Waals surface area contributed by atoms with Crippen molar-refractivity contribution in [3.8, 4) is 0 Å². The Kier molecular flexibility index (Phi) is 8.80. The minimum atomic E-state index is -1.00. The van der Waals surface area contributed by atoms with Crippen LogP contribution in [0.15, 0.2) is 146 Å². The minimum Gasteiger partial charge on any atom is -0.478 e. The monoisotopic (exact) mass is 774 g/mol. The predicted octanol–water partition coefficient (Wildman–Crippen LogP) is 8.99. The quantitative estimate of drug-likeness (QED) is 0.160. The molecule has 0 aromatic heterocycles. The van der Waals surface area contributed by atoms with Gasteiger partial charge in [-0.2, -0.15) is 0 Å². The summed E-state index contributed by atoms with van der Waals surface area (Å²) in [5.41, 5.74) is 5.03. The number of halogens is 2. The van der Waals surface area contributed by atoms with E-state index < -0.39 is 22.8 Å². The first-order valence-electron chi connectivity index (χ1n) is 19.0. The molecular formula is C48H36F2N2O6. The van der Waals surface area contributed by atoms with Gasteiger partial charge in [0.15, 0.2) is 0 Å². The van der Waals surface area contributed by atoms with Crippen LogP contribution in [-0.2, 0) is 33.5 Å². The topological polar surface area (TPSA) is 115 Å². The SMILES string of the molecule is O=C(O)c1cccc(CN2C(=O)[C@@]3(C[C@H]3c3ccccc3F)c3ccccc32)c1.O=C(O)c1cccc(CN2C(=O)[C@]3(C[C@@H]3c3ccccc3F)c3ccccc32)c1. The molecule has 6 aromatic rings. The molecule has 2 saturated carbocycles. The molecule has 0 radical (unpaired) electrons. The van der Waals surface area contributed by atoms with Crippen LogP contribution < -0.4 is 9.80 Å². The van der Waals surface area contributed by atoms with Gasteiger partial charge in [-0.1, -0.05) is 97.1 Å². The first kappa shape index (κ1) is 36.7. The van der Waals surface area contributed by atoms with Gasteiger partial charge in [0.05, 0.1) is 35.0 Å². The van der Waals surface area contributed by atoms with Crippen molar-refractivity contribution >= 4 is 35.1 Å². The zero-order valence-electron chi connectivity index (χ0n) is 31.0.